The van der Waals surface area contributed by atoms with Crippen LogP contribution in [-0.2, 0) is 22.4 Å². The Bertz CT molecular complexity index is 406. The van der Waals surface area contributed by atoms with Gasteiger partial charge in [-0.2, -0.15) is 0 Å². The average molecular weight is 283 g/mol. The van der Waals surface area contributed by atoms with Gasteiger partial charge in [0, 0.05) is 18.5 Å². The van der Waals surface area contributed by atoms with Crippen molar-refractivity contribution >= 4 is 22.4 Å². The lowest BCUT2D eigenvalue weighted by molar-refractivity contribution is -0.118. The standard InChI is InChI=1S/C13H21N3O2S/c1-18-9(8-14)7-12(17)16-13-15-10-5-3-2-4-6-11(10)19-13/h9H,2-8,14H2,1H3,(H,15,16,17). The summed E-state index contributed by atoms with van der Waals surface area (Å²) in [6.07, 6.45) is 5.87. The lowest BCUT2D eigenvalue weighted by Gasteiger charge is -2.11. The van der Waals surface area contributed by atoms with Gasteiger partial charge >= 0.3 is 0 Å². The van der Waals surface area contributed by atoms with Crippen molar-refractivity contribution in [3.63, 3.8) is 0 Å². The van der Waals surface area contributed by atoms with E-state index in [4.69, 9.17) is 10.5 Å². The molecule has 6 heteroatoms. The van der Waals surface area contributed by atoms with Gasteiger partial charge in [0.25, 0.3) is 0 Å². The first-order valence-corrected chi connectivity index (χ1v) is 7.56. The number of thiazole rings is 1. The first-order valence-electron chi connectivity index (χ1n) is 6.74. The summed E-state index contributed by atoms with van der Waals surface area (Å²) >= 11 is 1.60. The third kappa shape index (κ3) is 3.99. The van der Waals surface area contributed by atoms with Crippen LogP contribution in [0, 0.1) is 0 Å². The number of methoxy groups -OCH3 is 1. The average Bonchev–Trinajstić information content (AvgIpc) is 2.64. The number of hydrogen-bond acceptors (Lipinski definition) is 5. The molecule has 1 aromatic heterocycles. The van der Waals surface area contributed by atoms with Crippen LogP contribution in [0.4, 0.5) is 5.13 Å². The highest BCUT2D eigenvalue weighted by atomic mass is 32.1. The number of aryl methyl sites for hydroxylation is 2. The quantitative estimate of drug-likeness (QED) is 0.807. The van der Waals surface area contributed by atoms with Gasteiger partial charge in [0.2, 0.25) is 5.91 Å². The van der Waals surface area contributed by atoms with Gasteiger partial charge < -0.3 is 15.8 Å². The SMILES string of the molecule is COC(CN)CC(=O)Nc1nc2c(s1)CCCCC2. The fraction of sp³-hybridized carbons (Fsp3) is 0.692. The zero-order valence-electron chi connectivity index (χ0n) is 11.3. The maximum absolute atomic E-state index is 11.8. The van der Waals surface area contributed by atoms with E-state index in [1.807, 2.05) is 0 Å². The molecular weight excluding hydrogens is 262 g/mol. The Kier molecular flexibility index (Phi) is 5.30. The van der Waals surface area contributed by atoms with Crippen LogP contribution in [0.25, 0.3) is 0 Å². The molecule has 5 nitrogen and oxygen atoms in total. The molecule has 0 spiro atoms. The molecule has 1 aromatic rings. The highest BCUT2D eigenvalue weighted by molar-refractivity contribution is 7.15. The van der Waals surface area contributed by atoms with E-state index in [-0.39, 0.29) is 18.4 Å². The summed E-state index contributed by atoms with van der Waals surface area (Å²) in [6, 6.07) is 0. The largest absolute Gasteiger partial charge is 0.380 e. The van der Waals surface area contributed by atoms with E-state index < -0.39 is 0 Å². The molecule has 1 atom stereocenters. The minimum absolute atomic E-state index is 0.0822. The van der Waals surface area contributed by atoms with E-state index >= 15 is 0 Å². The molecule has 1 heterocycles. The molecule has 0 radical (unpaired) electrons. The number of amides is 1. The van der Waals surface area contributed by atoms with E-state index in [2.05, 4.69) is 10.3 Å². The molecular formula is C13H21N3O2S. The molecule has 1 aliphatic carbocycles. The Morgan fingerprint density at radius 2 is 2.26 bits per heavy atom. The summed E-state index contributed by atoms with van der Waals surface area (Å²) in [5.74, 6) is -0.0822. The topological polar surface area (TPSA) is 77.2 Å². The molecule has 3 N–H and O–H groups in total. The number of anilines is 1. The maximum atomic E-state index is 11.8. The number of nitrogens with zero attached hydrogens (tertiary/aromatic N) is 1. The number of aromatic nitrogens is 1. The Morgan fingerprint density at radius 3 is 3.00 bits per heavy atom. The highest BCUT2D eigenvalue weighted by Crippen LogP contribution is 2.28. The van der Waals surface area contributed by atoms with Crippen LogP contribution >= 0.6 is 11.3 Å². The fourth-order valence-electron chi connectivity index (χ4n) is 2.22. The zero-order chi connectivity index (χ0) is 13.7. The van der Waals surface area contributed by atoms with Crippen LogP contribution in [0.2, 0.25) is 0 Å². The number of ether oxygens (including phenoxy) is 1. The van der Waals surface area contributed by atoms with E-state index in [9.17, 15) is 4.79 Å². The number of rotatable bonds is 5. The van der Waals surface area contributed by atoms with Crippen molar-refractivity contribution in [3.8, 4) is 0 Å². The fourth-order valence-corrected chi connectivity index (χ4v) is 3.29. The van der Waals surface area contributed by atoms with Crippen LogP contribution in [0.3, 0.4) is 0 Å². The van der Waals surface area contributed by atoms with Gasteiger partial charge in [0.15, 0.2) is 5.13 Å². The summed E-state index contributed by atoms with van der Waals surface area (Å²) in [4.78, 5) is 17.7. The number of nitrogens with one attached hydrogen (secondary N) is 1. The first-order chi connectivity index (χ1) is 9.22. The van der Waals surface area contributed by atoms with E-state index in [0.29, 0.717) is 11.7 Å². The van der Waals surface area contributed by atoms with Gasteiger partial charge in [-0.1, -0.05) is 6.42 Å². The number of hydrogen-bond donors (Lipinski definition) is 2. The molecule has 0 aromatic carbocycles. The second kappa shape index (κ2) is 6.98. The third-order valence-corrected chi connectivity index (χ3v) is 4.42. The van der Waals surface area contributed by atoms with Crippen molar-refractivity contribution in [2.75, 3.05) is 19.0 Å². The lowest BCUT2D eigenvalue weighted by atomic mass is 10.2. The zero-order valence-corrected chi connectivity index (χ0v) is 12.1. The molecule has 1 unspecified atom stereocenters. The van der Waals surface area contributed by atoms with Crippen molar-refractivity contribution in [2.24, 2.45) is 5.73 Å². The van der Waals surface area contributed by atoms with Crippen LogP contribution in [-0.4, -0.2) is 30.6 Å². The van der Waals surface area contributed by atoms with Crippen LogP contribution in [0.1, 0.15) is 36.3 Å². The Labute approximate surface area is 117 Å². The molecule has 1 aliphatic rings. The van der Waals surface area contributed by atoms with Crippen LogP contribution < -0.4 is 11.1 Å². The summed E-state index contributed by atoms with van der Waals surface area (Å²) in [5.41, 5.74) is 6.67. The second-order valence-electron chi connectivity index (χ2n) is 4.80. The van der Waals surface area contributed by atoms with Gasteiger partial charge in [-0.05, 0) is 25.7 Å². The van der Waals surface area contributed by atoms with Gasteiger partial charge in [-0.15, -0.1) is 11.3 Å². The molecule has 0 saturated heterocycles. The number of fused-ring (bicyclic) bond motifs is 1. The highest BCUT2D eigenvalue weighted by Gasteiger charge is 2.17. The second-order valence-corrected chi connectivity index (χ2v) is 5.88. The maximum Gasteiger partial charge on any atom is 0.228 e. The van der Waals surface area contributed by atoms with Crippen molar-refractivity contribution in [1.29, 1.82) is 0 Å². The Balaban J connectivity index is 1.94. The van der Waals surface area contributed by atoms with Crippen molar-refractivity contribution in [1.82, 2.24) is 4.98 Å². The summed E-state index contributed by atoms with van der Waals surface area (Å²) in [6.45, 7) is 0.346. The molecule has 0 aliphatic heterocycles. The van der Waals surface area contributed by atoms with Gasteiger partial charge in [0.1, 0.15) is 0 Å². The summed E-state index contributed by atoms with van der Waals surface area (Å²) < 4.78 is 5.10. The van der Waals surface area contributed by atoms with E-state index in [1.165, 1.54) is 29.8 Å². The molecule has 2 rings (SSSR count). The minimum atomic E-state index is -0.224. The van der Waals surface area contributed by atoms with Gasteiger partial charge in [0.05, 0.1) is 18.2 Å². The van der Waals surface area contributed by atoms with Gasteiger partial charge in [-0.25, -0.2) is 4.98 Å². The van der Waals surface area contributed by atoms with Crippen LogP contribution in [0.5, 0.6) is 0 Å². The van der Waals surface area contributed by atoms with Crippen molar-refractivity contribution in [2.45, 2.75) is 44.6 Å². The first kappa shape index (κ1) is 14.4. The van der Waals surface area contributed by atoms with E-state index in [0.717, 1.165) is 12.8 Å². The van der Waals surface area contributed by atoms with Gasteiger partial charge in [-0.3, -0.25) is 4.79 Å². The Hall–Kier alpha value is -0.980. The predicted molar refractivity (Wildman–Crippen MR) is 76.5 cm³/mol. The van der Waals surface area contributed by atoms with Crippen LogP contribution in [0.15, 0.2) is 0 Å². The Morgan fingerprint density at radius 1 is 1.47 bits per heavy atom. The van der Waals surface area contributed by atoms with Crippen molar-refractivity contribution < 1.29 is 9.53 Å². The third-order valence-electron chi connectivity index (χ3n) is 3.35. The lowest BCUT2D eigenvalue weighted by Crippen LogP contribution is -2.28. The van der Waals surface area contributed by atoms with Crippen molar-refractivity contribution in [3.05, 3.63) is 10.6 Å². The number of carbonyl (C=O) groups is 1. The van der Waals surface area contributed by atoms with E-state index in [1.54, 1.807) is 18.4 Å². The smallest absolute Gasteiger partial charge is 0.228 e. The normalized spacial score (nSPS) is 16.5. The molecule has 0 saturated carbocycles. The molecule has 0 bridgehead atoms. The summed E-state index contributed by atoms with van der Waals surface area (Å²) in [7, 11) is 1.57. The predicted octanol–water partition coefficient (Wildman–Crippen LogP) is 1.71. The number of nitrogens with two attached hydrogens (primary N) is 1. The molecule has 19 heavy (non-hydrogen) atoms. The number of carbonyl (C=O) groups excluding carboxylic acids is 1. The minimum Gasteiger partial charge on any atom is -0.380 e. The summed E-state index contributed by atoms with van der Waals surface area (Å²) in [5, 5.41) is 3.56. The molecule has 1 amide bonds. The monoisotopic (exact) mass is 283 g/mol. The molecule has 106 valence electrons. The molecule has 0 fully saturated rings.